The topological polar surface area (TPSA) is 95.9 Å². The quantitative estimate of drug-likeness (QED) is 0.0321. The summed E-state index contributed by atoms with van der Waals surface area (Å²) in [6.07, 6.45) is 65.9. The van der Waals surface area contributed by atoms with E-state index >= 15 is 0 Å². The summed E-state index contributed by atoms with van der Waals surface area (Å²) in [5.41, 5.74) is 0. The maximum Gasteiger partial charge on any atom is 0.306 e. The first-order chi connectivity index (χ1) is 32.0. The van der Waals surface area contributed by atoms with E-state index < -0.39 is 18.2 Å². The molecule has 0 heterocycles. The third-order valence-corrected chi connectivity index (χ3v) is 12.6. The lowest BCUT2D eigenvalue weighted by Gasteiger charge is -2.24. The second kappa shape index (κ2) is 52.5. The van der Waals surface area contributed by atoms with Crippen LogP contribution >= 0.6 is 0 Å². The molecule has 65 heavy (non-hydrogen) atoms. The Morgan fingerprint density at radius 2 is 0.800 bits per heavy atom. The van der Waals surface area contributed by atoms with Crippen molar-refractivity contribution in [1.82, 2.24) is 5.32 Å². The number of hydrogen-bond acceptors (Lipinski definition) is 5. The molecule has 1 amide bonds. The summed E-state index contributed by atoms with van der Waals surface area (Å²) in [6, 6.07) is -0.732. The molecule has 0 aromatic carbocycles. The van der Waals surface area contributed by atoms with Crippen molar-refractivity contribution in [1.29, 1.82) is 0 Å². The van der Waals surface area contributed by atoms with E-state index in [2.05, 4.69) is 80.8 Å². The standard InChI is InChI=1S/C59H107NO5/c1-4-7-10-13-16-19-22-25-27-28-29-30-32-34-37-40-43-46-49-52-59(64)65-55(50-47-44-41-38-35-33-31-26-23-20-17-14-11-8-5-2)53-58(63)60-56(54-61)57(62)51-48-45-42-39-36-24-21-18-15-12-9-6-3/h8,11,17,20,26,31,35,38,44,47,55-57,61-62H,4-7,9-10,12-16,18-19,21-25,27-30,32-34,36-37,39-43,45-46,48-54H2,1-3H3,(H,60,63)/b11-8-,20-17-,31-26-,38-35-,47-44-. The molecule has 0 aliphatic carbocycles. The maximum atomic E-state index is 13.2. The van der Waals surface area contributed by atoms with Crippen molar-refractivity contribution in [3.05, 3.63) is 60.8 Å². The molecule has 0 fully saturated rings. The van der Waals surface area contributed by atoms with Crippen molar-refractivity contribution in [2.24, 2.45) is 0 Å². The number of amides is 1. The number of carbonyl (C=O) groups excluding carboxylic acids is 2. The van der Waals surface area contributed by atoms with Gasteiger partial charge in [0.1, 0.15) is 6.10 Å². The first kappa shape index (κ1) is 62.6. The minimum absolute atomic E-state index is 0.00106. The van der Waals surface area contributed by atoms with Gasteiger partial charge in [0.15, 0.2) is 0 Å². The van der Waals surface area contributed by atoms with Crippen molar-refractivity contribution in [2.75, 3.05) is 6.61 Å². The monoisotopic (exact) mass is 910 g/mol. The Morgan fingerprint density at radius 3 is 1.17 bits per heavy atom. The molecule has 0 aliphatic heterocycles. The van der Waals surface area contributed by atoms with Gasteiger partial charge >= 0.3 is 5.97 Å². The molecule has 378 valence electrons. The first-order valence-corrected chi connectivity index (χ1v) is 28.0. The van der Waals surface area contributed by atoms with E-state index in [1.165, 1.54) is 161 Å². The highest BCUT2D eigenvalue weighted by atomic mass is 16.5. The van der Waals surface area contributed by atoms with Crippen LogP contribution < -0.4 is 5.32 Å². The highest BCUT2D eigenvalue weighted by Gasteiger charge is 2.23. The molecule has 3 N–H and O–H groups in total. The molecule has 6 heteroatoms. The van der Waals surface area contributed by atoms with E-state index in [1.54, 1.807) is 0 Å². The number of rotatable bonds is 50. The SMILES string of the molecule is CC/C=C\C/C=C\C/C=C\C/C=C\C/C=C\CC(CC(=O)NC(CO)C(O)CCCCCCCCCCCCCC)OC(=O)CCCCCCCCCCCCCCCCCCCCC. The largest absolute Gasteiger partial charge is 0.461 e. The van der Waals surface area contributed by atoms with Crippen LogP contribution in [-0.2, 0) is 14.3 Å². The molecule has 0 rings (SSSR count). The van der Waals surface area contributed by atoms with Gasteiger partial charge in [-0.2, -0.15) is 0 Å². The molecule has 0 saturated heterocycles. The number of aliphatic hydroxyl groups is 2. The molecule has 0 aromatic heterocycles. The van der Waals surface area contributed by atoms with E-state index in [4.69, 9.17) is 4.74 Å². The van der Waals surface area contributed by atoms with E-state index in [9.17, 15) is 19.8 Å². The summed E-state index contributed by atoms with van der Waals surface area (Å²) in [5, 5.41) is 23.8. The Hall–Kier alpha value is -2.44. The van der Waals surface area contributed by atoms with Crippen LogP contribution in [0, 0.1) is 0 Å². The third-order valence-electron chi connectivity index (χ3n) is 12.6. The normalized spacial score (nSPS) is 13.6. The molecule has 0 saturated carbocycles. The molecule has 0 aromatic rings. The first-order valence-electron chi connectivity index (χ1n) is 28.0. The highest BCUT2D eigenvalue weighted by molar-refractivity contribution is 5.77. The second-order valence-corrected chi connectivity index (χ2v) is 19.0. The maximum absolute atomic E-state index is 13.2. The van der Waals surface area contributed by atoms with Gasteiger partial charge < -0.3 is 20.3 Å². The highest BCUT2D eigenvalue weighted by Crippen LogP contribution is 2.17. The van der Waals surface area contributed by atoms with Gasteiger partial charge in [-0.15, -0.1) is 0 Å². The zero-order valence-corrected chi connectivity index (χ0v) is 43.1. The van der Waals surface area contributed by atoms with Crippen molar-refractivity contribution >= 4 is 11.9 Å². The Bertz CT molecular complexity index is 1160. The van der Waals surface area contributed by atoms with Crippen LogP contribution in [-0.4, -0.2) is 46.9 Å². The molecular weight excluding hydrogens is 803 g/mol. The van der Waals surface area contributed by atoms with Crippen LogP contribution in [0.3, 0.4) is 0 Å². The van der Waals surface area contributed by atoms with Crippen LogP contribution in [0.15, 0.2) is 60.8 Å². The number of esters is 1. The second-order valence-electron chi connectivity index (χ2n) is 19.0. The molecule has 0 bridgehead atoms. The third kappa shape index (κ3) is 47.8. The van der Waals surface area contributed by atoms with Crippen LogP contribution in [0.2, 0.25) is 0 Å². The van der Waals surface area contributed by atoms with E-state index in [1.807, 2.05) is 6.08 Å². The van der Waals surface area contributed by atoms with Gasteiger partial charge in [0.05, 0.1) is 25.2 Å². The molecule has 0 radical (unpaired) electrons. The van der Waals surface area contributed by atoms with E-state index in [-0.39, 0.29) is 24.9 Å². The molecule has 3 atom stereocenters. The summed E-state index contributed by atoms with van der Waals surface area (Å²) >= 11 is 0. The Balaban J connectivity index is 4.62. The summed E-state index contributed by atoms with van der Waals surface area (Å²) in [7, 11) is 0. The summed E-state index contributed by atoms with van der Waals surface area (Å²) in [6.45, 7) is 6.36. The predicted octanol–water partition coefficient (Wildman–Crippen LogP) is 17.2. The van der Waals surface area contributed by atoms with Gasteiger partial charge in [0, 0.05) is 12.8 Å². The number of hydrogen-bond donors (Lipinski definition) is 3. The fourth-order valence-corrected chi connectivity index (χ4v) is 8.40. The molecule has 6 nitrogen and oxygen atoms in total. The van der Waals surface area contributed by atoms with Crippen molar-refractivity contribution in [3.8, 4) is 0 Å². The van der Waals surface area contributed by atoms with Crippen molar-refractivity contribution < 1.29 is 24.5 Å². The number of unbranched alkanes of at least 4 members (excludes halogenated alkanes) is 29. The van der Waals surface area contributed by atoms with E-state index in [0.29, 0.717) is 19.3 Å². The molecule has 0 aliphatic rings. The van der Waals surface area contributed by atoms with Crippen LogP contribution in [0.25, 0.3) is 0 Å². The number of nitrogens with one attached hydrogen (secondary N) is 1. The fraction of sp³-hybridized carbons (Fsp3) is 0.797. The van der Waals surface area contributed by atoms with Crippen LogP contribution in [0.5, 0.6) is 0 Å². The zero-order valence-electron chi connectivity index (χ0n) is 43.1. The fourth-order valence-electron chi connectivity index (χ4n) is 8.40. The number of aliphatic hydroxyl groups excluding tert-OH is 2. The van der Waals surface area contributed by atoms with Crippen molar-refractivity contribution in [2.45, 2.75) is 296 Å². The average Bonchev–Trinajstić information content (AvgIpc) is 3.30. The average molecular weight is 911 g/mol. The van der Waals surface area contributed by atoms with Crippen LogP contribution in [0.4, 0.5) is 0 Å². The lowest BCUT2D eigenvalue weighted by molar-refractivity contribution is -0.150. The zero-order chi connectivity index (χ0) is 47.4. The van der Waals surface area contributed by atoms with Gasteiger partial charge in [0.2, 0.25) is 5.91 Å². The van der Waals surface area contributed by atoms with Gasteiger partial charge in [-0.25, -0.2) is 0 Å². The predicted molar refractivity (Wildman–Crippen MR) is 282 cm³/mol. The number of carbonyl (C=O) groups is 2. The minimum atomic E-state index is -0.812. The summed E-state index contributed by atoms with van der Waals surface area (Å²) < 4.78 is 5.89. The minimum Gasteiger partial charge on any atom is -0.461 e. The Kier molecular flexibility index (Phi) is 50.6. The van der Waals surface area contributed by atoms with Gasteiger partial charge in [-0.1, -0.05) is 274 Å². The lowest BCUT2D eigenvalue weighted by Crippen LogP contribution is -2.46. The summed E-state index contributed by atoms with van der Waals surface area (Å²) in [5.74, 6) is -0.570. The molecular formula is C59H107NO5. The smallest absolute Gasteiger partial charge is 0.306 e. The Morgan fingerprint density at radius 1 is 0.462 bits per heavy atom. The molecule has 3 unspecified atom stereocenters. The number of allylic oxidation sites excluding steroid dienone is 9. The lowest BCUT2D eigenvalue weighted by atomic mass is 10.0. The van der Waals surface area contributed by atoms with Crippen LogP contribution in [0.1, 0.15) is 278 Å². The Labute approximate surface area is 403 Å². The van der Waals surface area contributed by atoms with Gasteiger partial charge in [-0.3, -0.25) is 9.59 Å². The molecule has 0 spiro atoms. The van der Waals surface area contributed by atoms with Crippen molar-refractivity contribution in [3.63, 3.8) is 0 Å². The van der Waals surface area contributed by atoms with E-state index in [0.717, 1.165) is 70.6 Å². The van der Waals surface area contributed by atoms with Gasteiger partial charge in [0.25, 0.3) is 0 Å². The number of ether oxygens (including phenoxy) is 1. The van der Waals surface area contributed by atoms with Gasteiger partial charge in [-0.05, 0) is 44.9 Å². The summed E-state index contributed by atoms with van der Waals surface area (Å²) in [4.78, 5) is 26.2.